The number of hydrogen-bond donors (Lipinski definition) is 0. The van der Waals surface area contributed by atoms with E-state index in [0.717, 1.165) is 20.4 Å². The van der Waals surface area contributed by atoms with Crippen LogP contribution in [0.5, 0.6) is 0 Å². The Morgan fingerprint density at radius 2 is 1.25 bits per heavy atom. The number of rotatable bonds is 0. The molecule has 0 radical (unpaired) electrons. The van der Waals surface area contributed by atoms with Crippen LogP contribution in [0.2, 0.25) is 0 Å². The Balaban J connectivity index is -0.00000000500. The average Bonchev–Trinajstić information content (AvgIpc) is 1.00. The van der Waals surface area contributed by atoms with Gasteiger partial charge in [0.15, 0.2) is 0 Å². The van der Waals surface area contributed by atoms with Gasteiger partial charge in [0, 0.05) is 0 Å². The van der Waals surface area contributed by atoms with Gasteiger partial charge in [-0.3, -0.25) is 0 Å². The van der Waals surface area contributed by atoms with E-state index >= 15 is 0 Å². The molecular weight excluding hydrogens is 202 g/mol. The molecule has 2 N–H and O–H groups in total. The second-order valence-electron chi connectivity index (χ2n) is 0. The van der Waals surface area contributed by atoms with Crippen LogP contribution in [0.15, 0.2) is 0 Å². The van der Waals surface area contributed by atoms with Gasteiger partial charge < -0.3 is 5.48 Å². The van der Waals surface area contributed by atoms with Crippen LogP contribution in [0.25, 0.3) is 0 Å². The SMILES string of the molecule is O.[O]=[Ti].[SbH3]. The predicted octanol–water partition coefficient (Wildman–Crippen LogP) is -2.13. The molecule has 0 rings (SSSR count). The summed E-state index contributed by atoms with van der Waals surface area (Å²) in [6, 6.07) is 0. The van der Waals surface area contributed by atoms with Gasteiger partial charge in [0.05, 0.1) is 0 Å². The van der Waals surface area contributed by atoms with Gasteiger partial charge in [0.25, 0.3) is 0 Å². The Labute approximate surface area is 53.4 Å². The topological polar surface area (TPSA) is 48.6 Å². The van der Waals surface area contributed by atoms with E-state index < -0.39 is 0 Å². The molecule has 0 bridgehead atoms. The summed E-state index contributed by atoms with van der Waals surface area (Å²) in [4.78, 5) is 0. The zero-order chi connectivity index (χ0) is 2.00. The van der Waals surface area contributed by atoms with Crippen LogP contribution in [0, 0.1) is 0 Å². The van der Waals surface area contributed by atoms with Gasteiger partial charge in [-0.15, -0.1) is 0 Å². The molecule has 0 aromatic carbocycles. The zero-order valence-corrected chi connectivity index (χ0v) is 7.71. The third kappa shape index (κ3) is 10.4. The van der Waals surface area contributed by atoms with E-state index in [2.05, 4.69) is 0 Å². The van der Waals surface area contributed by atoms with E-state index in [0.29, 0.717) is 0 Å². The van der Waals surface area contributed by atoms with Crippen molar-refractivity contribution in [2.45, 2.75) is 0 Å². The van der Waals surface area contributed by atoms with Gasteiger partial charge in [-0.05, 0) is 0 Å². The van der Waals surface area contributed by atoms with Crippen molar-refractivity contribution in [1.82, 2.24) is 0 Å². The molecule has 0 amide bonds. The second-order valence-corrected chi connectivity index (χ2v) is 0. The van der Waals surface area contributed by atoms with Gasteiger partial charge in [-0.1, -0.05) is 0 Å². The molecule has 26 valence electrons. The molecule has 0 aliphatic rings. The third-order valence-electron chi connectivity index (χ3n) is 0. The first kappa shape index (κ1) is 18.6. The minimum absolute atomic E-state index is 0. The maximum atomic E-state index is 8.25. The van der Waals surface area contributed by atoms with Gasteiger partial charge in [-0.25, -0.2) is 0 Å². The van der Waals surface area contributed by atoms with Gasteiger partial charge in [-0.2, -0.15) is 0 Å². The van der Waals surface area contributed by atoms with Crippen molar-refractivity contribution < 1.29 is 29.2 Å². The molecule has 0 saturated carbocycles. The summed E-state index contributed by atoms with van der Waals surface area (Å²) < 4.78 is 8.25. The monoisotopic (exact) mass is 206 g/mol. The minimum atomic E-state index is 0. The number of hydrogen-bond acceptors (Lipinski definition) is 1. The van der Waals surface area contributed by atoms with Gasteiger partial charge >= 0.3 is 48.2 Å². The molecule has 0 unspecified atom stereocenters. The first-order chi connectivity index (χ1) is 1.00. The van der Waals surface area contributed by atoms with Crippen LogP contribution in [0.1, 0.15) is 0 Å². The van der Waals surface area contributed by atoms with E-state index in [1.165, 1.54) is 0 Å². The van der Waals surface area contributed by atoms with Crippen LogP contribution >= 0.6 is 0 Å². The summed E-state index contributed by atoms with van der Waals surface area (Å²) in [7, 11) is 0. The quantitative estimate of drug-likeness (QED) is 0.418. The van der Waals surface area contributed by atoms with Crippen molar-refractivity contribution in [3.8, 4) is 0 Å². The molecule has 0 spiro atoms. The first-order valence-corrected chi connectivity index (χ1v) is 0.842. The third-order valence-corrected chi connectivity index (χ3v) is 0. The summed E-state index contributed by atoms with van der Waals surface area (Å²) >= 11 is 0.750. The van der Waals surface area contributed by atoms with E-state index in [4.69, 9.17) is 3.32 Å². The van der Waals surface area contributed by atoms with Crippen molar-refractivity contribution in [2.24, 2.45) is 0 Å². The van der Waals surface area contributed by atoms with E-state index in [9.17, 15) is 0 Å². The Morgan fingerprint density at radius 3 is 1.25 bits per heavy atom. The fourth-order valence-electron chi connectivity index (χ4n) is 0. The fourth-order valence-corrected chi connectivity index (χ4v) is 0. The van der Waals surface area contributed by atoms with Crippen molar-refractivity contribution >= 4 is 24.4 Å². The molecule has 0 aliphatic carbocycles. The van der Waals surface area contributed by atoms with Crippen molar-refractivity contribution in [1.29, 1.82) is 0 Å². The Morgan fingerprint density at radius 1 is 1.25 bits per heavy atom. The van der Waals surface area contributed by atoms with Crippen LogP contribution in [-0.2, 0) is 23.7 Å². The Bertz CT molecular complexity index is 6.00. The molecule has 0 atom stereocenters. The Kier molecular flexibility index (Phi) is 129. The molecule has 4 heavy (non-hydrogen) atoms. The second kappa shape index (κ2) is 27.9. The maximum absolute atomic E-state index is 8.25. The van der Waals surface area contributed by atoms with Crippen LogP contribution in [-0.4, -0.2) is 29.9 Å². The van der Waals surface area contributed by atoms with E-state index in [-0.39, 0.29) is 29.9 Å². The van der Waals surface area contributed by atoms with E-state index in [1.54, 1.807) is 0 Å². The van der Waals surface area contributed by atoms with Crippen LogP contribution in [0.3, 0.4) is 0 Å². The molecule has 0 saturated heterocycles. The average molecular weight is 207 g/mol. The summed E-state index contributed by atoms with van der Waals surface area (Å²) in [6.07, 6.45) is 0. The summed E-state index contributed by atoms with van der Waals surface area (Å²) in [5, 5.41) is 0. The van der Waals surface area contributed by atoms with Crippen molar-refractivity contribution in [3.63, 3.8) is 0 Å². The fraction of sp³-hybridized carbons (Fsp3) is 0. The zero-order valence-electron chi connectivity index (χ0n) is 2.12. The molecule has 0 fully saturated rings. The molecule has 2 nitrogen and oxygen atoms in total. The van der Waals surface area contributed by atoms with Crippen LogP contribution in [0.4, 0.5) is 0 Å². The van der Waals surface area contributed by atoms with Crippen molar-refractivity contribution in [2.75, 3.05) is 0 Å². The molecular formula is H5O2SbTi. The molecule has 0 aliphatic heterocycles. The van der Waals surface area contributed by atoms with Gasteiger partial charge in [0.1, 0.15) is 0 Å². The predicted molar refractivity (Wildman–Crippen MR) is 14.2 cm³/mol. The van der Waals surface area contributed by atoms with E-state index in [1.807, 2.05) is 0 Å². The van der Waals surface area contributed by atoms with Crippen molar-refractivity contribution in [3.05, 3.63) is 0 Å². The first-order valence-electron chi connectivity index (χ1n) is 0.204. The normalized spacial score (nSPS) is 0.750. The summed E-state index contributed by atoms with van der Waals surface area (Å²) in [5.41, 5.74) is 0. The standard InChI is InChI=1S/H2O.O.Sb.Ti.3H/h1H2;;;;;;. The molecule has 0 aromatic rings. The summed E-state index contributed by atoms with van der Waals surface area (Å²) in [5.74, 6) is 0. The molecule has 4 heteroatoms. The van der Waals surface area contributed by atoms with Crippen LogP contribution < -0.4 is 0 Å². The Hall–Kier alpha value is 1.29. The molecule has 0 aromatic heterocycles. The summed E-state index contributed by atoms with van der Waals surface area (Å²) in [6.45, 7) is 0. The van der Waals surface area contributed by atoms with Gasteiger partial charge in [0.2, 0.25) is 0 Å². The molecule has 0 heterocycles.